The first-order valence-electron chi connectivity index (χ1n) is 17.2. The minimum atomic E-state index is -4.02. The maximum Gasteiger partial charge on any atom is 0.405 e. The molecule has 3 heterocycles. The van der Waals surface area contributed by atoms with Gasteiger partial charge in [0, 0.05) is 30.0 Å². The molecule has 1 aromatic carbocycles. The van der Waals surface area contributed by atoms with E-state index in [0.717, 1.165) is 0 Å². The van der Waals surface area contributed by atoms with Gasteiger partial charge in [0.05, 0.1) is 23.8 Å². The van der Waals surface area contributed by atoms with Crippen molar-refractivity contribution < 1.29 is 46.6 Å². The number of fused-ring (bicyclic) bond motifs is 3. The number of aromatic nitrogens is 1. The van der Waals surface area contributed by atoms with Crippen LogP contribution in [0.2, 0.25) is 0 Å². The molecule has 14 nitrogen and oxygen atoms in total. The molecule has 276 valence electrons. The normalized spacial score (nSPS) is 30.6. The number of nitrogens with one attached hydrogen (secondary N) is 3. The topological polar surface area (TPSA) is 193 Å². The van der Waals surface area contributed by atoms with E-state index in [1.807, 2.05) is 19.1 Å². The van der Waals surface area contributed by atoms with Gasteiger partial charge in [0.25, 0.3) is 5.91 Å². The van der Waals surface area contributed by atoms with Crippen molar-refractivity contribution in [1.82, 2.24) is 25.2 Å². The number of methoxy groups -OCH3 is 1. The highest BCUT2D eigenvalue weighted by atomic mass is 32.2. The van der Waals surface area contributed by atoms with Gasteiger partial charge in [0.15, 0.2) is 0 Å². The zero-order chi connectivity index (χ0) is 36.9. The van der Waals surface area contributed by atoms with Crippen LogP contribution in [0.1, 0.15) is 65.7 Å². The van der Waals surface area contributed by atoms with E-state index in [1.54, 1.807) is 19.9 Å². The summed E-state index contributed by atoms with van der Waals surface area (Å²) in [4.78, 5) is 59.8. The number of rotatable bonds is 7. The second-order valence-corrected chi connectivity index (χ2v) is 16.9. The predicted molar refractivity (Wildman–Crippen MR) is 183 cm³/mol. The van der Waals surface area contributed by atoms with Crippen LogP contribution in [-0.4, -0.2) is 89.4 Å². The van der Waals surface area contributed by atoms with E-state index < -0.39 is 80.0 Å². The number of sulfonamides is 1. The number of allylic oxidation sites excluding steroid dienone is 1. The van der Waals surface area contributed by atoms with Crippen LogP contribution in [0.4, 0.5) is 9.18 Å². The van der Waals surface area contributed by atoms with Gasteiger partial charge in [-0.3, -0.25) is 19.1 Å². The molecule has 2 saturated carbocycles. The fourth-order valence-corrected chi connectivity index (χ4v) is 8.65. The molecule has 2 aliphatic heterocycles. The summed E-state index contributed by atoms with van der Waals surface area (Å²) in [7, 11) is -2.62. The van der Waals surface area contributed by atoms with Crippen molar-refractivity contribution in [1.29, 1.82) is 0 Å². The number of halogens is 1. The van der Waals surface area contributed by atoms with Gasteiger partial charge in [-0.05, 0) is 69.4 Å². The van der Waals surface area contributed by atoms with E-state index in [1.165, 1.54) is 30.3 Å². The van der Waals surface area contributed by atoms with Crippen LogP contribution < -0.4 is 24.8 Å². The Morgan fingerprint density at radius 3 is 2.59 bits per heavy atom. The Morgan fingerprint density at radius 1 is 1.16 bits per heavy atom. The number of carboxylic acid groups (broad SMARTS) is 1. The van der Waals surface area contributed by atoms with Crippen molar-refractivity contribution in [2.75, 3.05) is 13.7 Å². The monoisotopic (exact) mass is 729 g/mol. The maximum absolute atomic E-state index is 14.6. The molecule has 3 fully saturated rings. The summed E-state index contributed by atoms with van der Waals surface area (Å²) < 4.78 is 53.4. The van der Waals surface area contributed by atoms with E-state index in [4.69, 9.17) is 9.47 Å². The van der Waals surface area contributed by atoms with Gasteiger partial charge in [-0.15, -0.1) is 0 Å². The number of pyridine rings is 1. The third-order valence-corrected chi connectivity index (χ3v) is 13.0. The molecule has 0 unspecified atom stereocenters. The molecule has 4 amide bonds. The molecule has 4 aliphatic rings. The molecule has 2 aromatic rings. The lowest BCUT2D eigenvalue weighted by molar-refractivity contribution is -0.142. The molecule has 2 aliphatic carbocycles. The van der Waals surface area contributed by atoms with E-state index in [9.17, 15) is 37.1 Å². The Balaban J connectivity index is 1.35. The van der Waals surface area contributed by atoms with E-state index in [0.29, 0.717) is 42.9 Å². The molecular weight excluding hydrogens is 685 g/mol. The standard InChI is InChI=1S/C35H44FN5O9S/c1-19-7-5-6-8-21-17-35(21,32(44)40-51(47,48)34(3)10-11-34)39-29(42)26-16-23(18-41(26)31(43)28(20(2)13-19)38-33(45)46)50-30-25-14-22(36)15-27(49-4)24(25)9-12-37-30/h6,8-9,12,14-15,19-21,23,26,28,38H,5,7,10-11,13,16-18H2,1-4H3,(H,39,42)(H,40,44)(H,45,46)/t19-,20-,21-,23-,26+,28+,35-/m1/s1. The Labute approximate surface area is 295 Å². The van der Waals surface area contributed by atoms with E-state index in [2.05, 4.69) is 20.3 Å². The van der Waals surface area contributed by atoms with Gasteiger partial charge in [-0.25, -0.2) is 22.6 Å². The molecule has 4 N–H and O–H groups in total. The minimum Gasteiger partial charge on any atom is -0.496 e. The van der Waals surface area contributed by atoms with Gasteiger partial charge in [0.1, 0.15) is 35.3 Å². The second kappa shape index (κ2) is 13.6. The number of nitrogens with zero attached hydrogens (tertiary/aromatic N) is 2. The molecule has 6 rings (SSSR count). The Hall–Kier alpha value is -4.47. The molecule has 0 spiro atoms. The van der Waals surface area contributed by atoms with Crippen LogP contribution in [0.5, 0.6) is 11.6 Å². The van der Waals surface area contributed by atoms with Gasteiger partial charge < -0.3 is 30.1 Å². The van der Waals surface area contributed by atoms with Crippen molar-refractivity contribution in [3.05, 3.63) is 42.4 Å². The molecule has 7 atom stereocenters. The van der Waals surface area contributed by atoms with Crippen LogP contribution in [0.3, 0.4) is 0 Å². The first-order valence-corrected chi connectivity index (χ1v) is 18.7. The Morgan fingerprint density at radius 2 is 1.90 bits per heavy atom. The number of ether oxygens (including phenoxy) is 2. The third-order valence-electron chi connectivity index (χ3n) is 10.8. The van der Waals surface area contributed by atoms with Gasteiger partial charge >= 0.3 is 6.09 Å². The van der Waals surface area contributed by atoms with Crippen molar-refractivity contribution in [3.8, 4) is 11.6 Å². The molecule has 16 heteroatoms. The first-order chi connectivity index (χ1) is 24.1. The summed E-state index contributed by atoms with van der Waals surface area (Å²) in [6.07, 6.45) is 5.66. The van der Waals surface area contributed by atoms with Crippen molar-refractivity contribution in [2.24, 2.45) is 17.8 Å². The van der Waals surface area contributed by atoms with Gasteiger partial charge in [-0.1, -0.05) is 26.0 Å². The van der Waals surface area contributed by atoms with E-state index in [-0.39, 0.29) is 36.9 Å². The molecule has 1 saturated heterocycles. The average molecular weight is 730 g/mol. The number of benzene rings is 1. The van der Waals surface area contributed by atoms with Crippen LogP contribution in [0.25, 0.3) is 10.8 Å². The summed E-state index contributed by atoms with van der Waals surface area (Å²) in [5.41, 5.74) is -1.58. The minimum absolute atomic E-state index is 0.0373. The Kier molecular flexibility index (Phi) is 9.67. The number of amides is 4. The lowest BCUT2D eigenvalue weighted by Gasteiger charge is -2.32. The number of hydrogen-bond acceptors (Lipinski definition) is 9. The highest BCUT2D eigenvalue weighted by molar-refractivity contribution is 7.91. The van der Waals surface area contributed by atoms with E-state index >= 15 is 0 Å². The molecular formula is C35H44FN5O9S. The van der Waals surface area contributed by atoms with Gasteiger partial charge in [-0.2, -0.15) is 0 Å². The molecule has 0 radical (unpaired) electrons. The molecule has 0 bridgehead atoms. The lowest BCUT2D eigenvalue weighted by atomic mass is 9.88. The fourth-order valence-electron chi connectivity index (χ4n) is 7.34. The SMILES string of the molecule is COc1cc(F)cc2c(O[C@@H]3C[C@H]4C(=O)N[C@]5(C(=O)NS(=O)(=O)C6(C)CC6)C[C@H]5C=CCC[C@@H](C)C[C@@H](C)[C@H](NC(=O)O)C(=O)N4C3)nccc12. The summed E-state index contributed by atoms with van der Waals surface area (Å²) in [5.74, 6) is -3.37. The summed E-state index contributed by atoms with van der Waals surface area (Å²) in [6.45, 7) is 5.18. The second-order valence-electron chi connectivity index (χ2n) is 14.7. The van der Waals surface area contributed by atoms with Crippen molar-refractivity contribution in [2.45, 2.75) is 94.2 Å². The highest BCUT2D eigenvalue weighted by Crippen LogP contribution is 2.47. The zero-order valence-electron chi connectivity index (χ0n) is 29.0. The fraction of sp³-hybridized carbons (Fsp3) is 0.571. The summed E-state index contributed by atoms with van der Waals surface area (Å²) >= 11 is 0. The number of hydrogen-bond donors (Lipinski definition) is 4. The Bertz CT molecular complexity index is 1890. The highest BCUT2D eigenvalue weighted by Gasteiger charge is 2.63. The number of carbonyl (C=O) groups is 4. The van der Waals surface area contributed by atoms with Crippen LogP contribution in [0, 0.1) is 23.6 Å². The van der Waals surface area contributed by atoms with Crippen LogP contribution >= 0.6 is 0 Å². The smallest absolute Gasteiger partial charge is 0.405 e. The van der Waals surface area contributed by atoms with Crippen LogP contribution in [-0.2, 0) is 24.4 Å². The summed E-state index contributed by atoms with van der Waals surface area (Å²) in [6, 6.07) is 1.66. The van der Waals surface area contributed by atoms with Crippen molar-refractivity contribution >= 4 is 44.6 Å². The number of carbonyl (C=O) groups excluding carboxylic acids is 3. The largest absolute Gasteiger partial charge is 0.496 e. The first kappa shape index (κ1) is 36.3. The third kappa shape index (κ3) is 7.19. The quantitative estimate of drug-likeness (QED) is 0.308. The van der Waals surface area contributed by atoms with Crippen LogP contribution in [0.15, 0.2) is 36.5 Å². The molecule has 1 aromatic heterocycles. The van der Waals surface area contributed by atoms with Crippen molar-refractivity contribution in [3.63, 3.8) is 0 Å². The average Bonchev–Trinajstić information content (AvgIpc) is 3.95. The summed E-state index contributed by atoms with van der Waals surface area (Å²) in [5, 5.41) is 15.7. The zero-order valence-corrected chi connectivity index (χ0v) is 29.8. The maximum atomic E-state index is 14.6. The predicted octanol–water partition coefficient (Wildman–Crippen LogP) is 3.25. The lowest BCUT2D eigenvalue weighted by Crippen LogP contribution is -2.59. The van der Waals surface area contributed by atoms with Gasteiger partial charge in [0.2, 0.25) is 27.7 Å². The molecule has 51 heavy (non-hydrogen) atoms.